The number of hydrogen-bond donors (Lipinski definition) is 0. The van der Waals surface area contributed by atoms with E-state index >= 15 is 0 Å². The summed E-state index contributed by atoms with van der Waals surface area (Å²) >= 11 is 1.90. The highest BCUT2D eigenvalue weighted by Crippen LogP contribution is 2.22. The van der Waals surface area contributed by atoms with Crippen LogP contribution in [0.1, 0.15) is 5.56 Å². The van der Waals surface area contributed by atoms with Gasteiger partial charge in [-0.25, -0.2) is 4.98 Å². The van der Waals surface area contributed by atoms with Crippen molar-refractivity contribution in [1.29, 1.82) is 0 Å². The number of nitro benzene ring substituents is 1. The monoisotopic (exact) mass is 387 g/mol. The van der Waals surface area contributed by atoms with Crippen LogP contribution in [0, 0.1) is 13.7 Å². The molecule has 1 aromatic carbocycles. The number of nitrogens with zero attached hydrogens (tertiary/aromatic N) is 3. The molecule has 0 saturated heterocycles. The molecular formula is C12H10IN3O4. The molecule has 7 nitrogen and oxygen atoms in total. The van der Waals surface area contributed by atoms with Gasteiger partial charge in [0.1, 0.15) is 5.75 Å². The van der Waals surface area contributed by atoms with E-state index in [0.29, 0.717) is 14.9 Å². The van der Waals surface area contributed by atoms with Crippen LogP contribution in [0.2, 0.25) is 0 Å². The average Bonchev–Trinajstić information content (AvgIpc) is 2.43. The standard InChI is InChI=1S/C12H10IN3O4/c1-20-10-3-8(2-9(4-10)16(18)19)6-15-7-14-5-11(13)12(15)17/h2-5,7H,6H2,1H3. The molecule has 2 aromatic rings. The molecule has 0 unspecified atom stereocenters. The molecule has 0 spiro atoms. The zero-order valence-electron chi connectivity index (χ0n) is 10.4. The minimum Gasteiger partial charge on any atom is -0.496 e. The Labute approximate surface area is 127 Å². The Balaban J connectivity index is 2.43. The van der Waals surface area contributed by atoms with Crippen molar-refractivity contribution in [3.05, 3.63) is 60.3 Å². The van der Waals surface area contributed by atoms with Gasteiger partial charge in [-0.15, -0.1) is 0 Å². The third kappa shape index (κ3) is 3.13. The molecule has 20 heavy (non-hydrogen) atoms. The number of aromatic nitrogens is 2. The largest absolute Gasteiger partial charge is 0.496 e. The first-order valence-electron chi connectivity index (χ1n) is 5.53. The maximum absolute atomic E-state index is 11.9. The maximum atomic E-state index is 11.9. The van der Waals surface area contributed by atoms with Gasteiger partial charge in [0.2, 0.25) is 0 Å². The van der Waals surface area contributed by atoms with Crippen molar-refractivity contribution < 1.29 is 9.66 Å². The molecule has 0 amide bonds. The molecule has 8 heteroatoms. The Morgan fingerprint density at radius 3 is 2.85 bits per heavy atom. The van der Waals surface area contributed by atoms with Crippen molar-refractivity contribution >= 4 is 28.3 Å². The summed E-state index contributed by atoms with van der Waals surface area (Å²) in [6, 6.07) is 4.40. The highest BCUT2D eigenvalue weighted by Gasteiger charge is 2.11. The van der Waals surface area contributed by atoms with Crippen molar-refractivity contribution in [2.45, 2.75) is 6.54 Å². The van der Waals surface area contributed by atoms with E-state index in [4.69, 9.17) is 4.74 Å². The Morgan fingerprint density at radius 1 is 1.45 bits per heavy atom. The fourth-order valence-electron chi connectivity index (χ4n) is 1.69. The van der Waals surface area contributed by atoms with E-state index in [0.717, 1.165) is 0 Å². The second-order valence-electron chi connectivity index (χ2n) is 3.97. The summed E-state index contributed by atoms with van der Waals surface area (Å²) in [4.78, 5) is 26.2. The van der Waals surface area contributed by atoms with Crippen LogP contribution in [0.15, 0.2) is 35.5 Å². The smallest absolute Gasteiger partial charge is 0.273 e. The van der Waals surface area contributed by atoms with Crippen molar-refractivity contribution in [2.24, 2.45) is 0 Å². The molecule has 0 aliphatic carbocycles. The van der Waals surface area contributed by atoms with E-state index in [2.05, 4.69) is 4.98 Å². The van der Waals surface area contributed by atoms with Crippen molar-refractivity contribution in [2.75, 3.05) is 7.11 Å². The van der Waals surface area contributed by atoms with Crippen LogP contribution in [0.3, 0.4) is 0 Å². The van der Waals surface area contributed by atoms with Gasteiger partial charge < -0.3 is 4.74 Å². The van der Waals surface area contributed by atoms with Gasteiger partial charge >= 0.3 is 0 Å². The first kappa shape index (κ1) is 14.4. The first-order valence-corrected chi connectivity index (χ1v) is 6.61. The molecule has 0 radical (unpaired) electrons. The predicted octanol–water partition coefficient (Wildman–Crippen LogP) is 1.81. The number of ether oxygens (including phenoxy) is 1. The number of non-ortho nitro benzene ring substituents is 1. The second kappa shape index (κ2) is 5.99. The third-order valence-electron chi connectivity index (χ3n) is 2.61. The molecule has 1 aromatic heterocycles. The summed E-state index contributed by atoms with van der Waals surface area (Å²) in [5.74, 6) is 0.376. The lowest BCUT2D eigenvalue weighted by Crippen LogP contribution is -2.22. The topological polar surface area (TPSA) is 87.3 Å². The van der Waals surface area contributed by atoms with E-state index in [9.17, 15) is 14.9 Å². The van der Waals surface area contributed by atoms with Crippen molar-refractivity contribution in [3.63, 3.8) is 0 Å². The zero-order valence-corrected chi connectivity index (χ0v) is 12.6. The van der Waals surface area contributed by atoms with Crippen LogP contribution in [0.4, 0.5) is 5.69 Å². The Morgan fingerprint density at radius 2 is 2.20 bits per heavy atom. The third-order valence-corrected chi connectivity index (χ3v) is 3.35. The summed E-state index contributed by atoms with van der Waals surface area (Å²) in [5, 5.41) is 10.9. The summed E-state index contributed by atoms with van der Waals surface area (Å²) < 4.78 is 6.91. The van der Waals surface area contributed by atoms with Crippen molar-refractivity contribution in [1.82, 2.24) is 9.55 Å². The highest BCUT2D eigenvalue weighted by molar-refractivity contribution is 14.1. The number of rotatable bonds is 4. The number of hydrogen-bond acceptors (Lipinski definition) is 5. The number of benzene rings is 1. The van der Waals surface area contributed by atoms with Gasteiger partial charge in [-0.05, 0) is 34.2 Å². The molecule has 0 aliphatic heterocycles. The lowest BCUT2D eigenvalue weighted by molar-refractivity contribution is -0.385. The molecule has 104 valence electrons. The Hall–Kier alpha value is -1.97. The molecule has 2 rings (SSSR count). The van der Waals surface area contributed by atoms with Gasteiger partial charge in [-0.2, -0.15) is 0 Å². The molecule has 0 atom stereocenters. The summed E-state index contributed by atoms with van der Waals surface area (Å²) in [5.41, 5.74) is 0.332. The van der Waals surface area contributed by atoms with Gasteiger partial charge in [0.15, 0.2) is 0 Å². The summed E-state index contributed by atoms with van der Waals surface area (Å²) in [7, 11) is 1.43. The lowest BCUT2D eigenvalue weighted by atomic mass is 10.2. The molecule has 0 N–H and O–H groups in total. The molecule has 0 bridgehead atoms. The van der Waals surface area contributed by atoms with Crippen LogP contribution >= 0.6 is 22.6 Å². The van der Waals surface area contributed by atoms with E-state index in [-0.39, 0.29) is 17.8 Å². The Kier molecular flexibility index (Phi) is 4.32. The summed E-state index contributed by atoms with van der Waals surface area (Å²) in [6.45, 7) is 0.195. The highest BCUT2D eigenvalue weighted by atomic mass is 127. The number of nitro groups is 1. The van der Waals surface area contributed by atoms with Crippen LogP contribution < -0.4 is 10.3 Å². The minimum absolute atomic E-state index is 0.0778. The zero-order chi connectivity index (χ0) is 14.7. The van der Waals surface area contributed by atoms with Gasteiger partial charge in [-0.1, -0.05) is 0 Å². The molecule has 1 heterocycles. The lowest BCUT2D eigenvalue weighted by Gasteiger charge is -2.07. The maximum Gasteiger partial charge on any atom is 0.273 e. The van der Waals surface area contributed by atoms with E-state index in [1.54, 1.807) is 6.07 Å². The SMILES string of the molecule is COc1cc(Cn2cncc(I)c2=O)cc([N+](=O)[O-])c1. The van der Waals surface area contributed by atoms with E-state index < -0.39 is 4.92 Å². The fraction of sp³-hybridized carbons (Fsp3) is 0.167. The number of methoxy groups -OCH3 is 1. The summed E-state index contributed by atoms with van der Waals surface area (Å²) in [6.07, 6.45) is 2.86. The molecule has 0 saturated carbocycles. The normalized spacial score (nSPS) is 10.3. The minimum atomic E-state index is -0.498. The Bertz CT molecular complexity index is 714. The quantitative estimate of drug-likeness (QED) is 0.454. The first-order chi connectivity index (χ1) is 9.51. The van der Waals surface area contributed by atoms with E-state index in [1.807, 2.05) is 22.6 Å². The van der Waals surface area contributed by atoms with Crippen LogP contribution in [-0.4, -0.2) is 21.6 Å². The molecule has 0 aliphatic rings. The van der Waals surface area contributed by atoms with Crippen LogP contribution in [0.5, 0.6) is 5.75 Å². The van der Waals surface area contributed by atoms with Gasteiger partial charge in [-0.3, -0.25) is 19.5 Å². The van der Waals surface area contributed by atoms with Crippen LogP contribution in [0.25, 0.3) is 0 Å². The number of halogens is 1. The van der Waals surface area contributed by atoms with Gasteiger partial charge in [0, 0.05) is 12.3 Å². The predicted molar refractivity (Wildman–Crippen MR) is 80.0 cm³/mol. The average molecular weight is 387 g/mol. The van der Waals surface area contributed by atoms with Crippen molar-refractivity contribution in [3.8, 4) is 5.75 Å². The van der Waals surface area contributed by atoms with E-state index in [1.165, 1.54) is 36.3 Å². The molecular weight excluding hydrogens is 377 g/mol. The van der Waals surface area contributed by atoms with Gasteiger partial charge in [0.25, 0.3) is 11.2 Å². The fourth-order valence-corrected chi connectivity index (χ4v) is 2.16. The van der Waals surface area contributed by atoms with Crippen LogP contribution in [-0.2, 0) is 6.54 Å². The second-order valence-corrected chi connectivity index (χ2v) is 5.13. The molecule has 0 fully saturated rings. The van der Waals surface area contributed by atoms with Gasteiger partial charge in [0.05, 0.1) is 34.5 Å².